The average Bonchev–Trinajstić information content (AvgIpc) is 3.41. The number of pyridine rings is 2. The van der Waals surface area contributed by atoms with Gasteiger partial charge in [0.2, 0.25) is 0 Å². The lowest BCUT2D eigenvalue weighted by molar-refractivity contribution is -0.119. The van der Waals surface area contributed by atoms with Crippen molar-refractivity contribution in [2.24, 2.45) is 5.92 Å². The molecule has 0 aromatic carbocycles. The van der Waals surface area contributed by atoms with E-state index >= 15 is 0 Å². The second-order valence-electron chi connectivity index (χ2n) is 6.90. The Labute approximate surface area is 145 Å². The van der Waals surface area contributed by atoms with Gasteiger partial charge in [0.1, 0.15) is 11.6 Å². The van der Waals surface area contributed by atoms with Crippen molar-refractivity contribution >= 4 is 16.6 Å². The summed E-state index contributed by atoms with van der Waals surface area (Å²) in [6.45, 7) is 2.65. The summed E-state index contributed by atoms with van der Waals surface area (Å²) >= 11 is 0. The molecule has 6 heteroatoms. The van der Waals surface area contributed by atoms with Crippen LogP contribution in [0.3, 0.4) is 0 Å². The number of aromatic nitrogens is 4. The van der Waals surface area contributed by atoms with Crippen LogP contribution in [-0.4, -0.2) is 31.8 Å². The minimum atomic E-state index is 0.275. The zero-order valence-corrected chi connectivity index (χ0v) is 13.9. The van der Waals surface area contributed by atoms with Gasteiger partial charge in [-0.3, -0.25) is 14.8 Å². The second-order valence-corrected chi connectivity index (χ2v) is 6.90. The SMILES string of the molecule is O=C(Cc1cc2cc(-c3cnc4n3CCNC4)ncc2cn1)C1CC1. The number of hydrogen-bond acceptors (Lipinski definition) is 5. The van der Waals surface area contributed by atoms with Crippen LogP contribution in [0.1, 0.15) is 24.4 Å². The highest BCUT2D eigenvalue weighted by Crippen LogP contribution is 2.31. The highest BCUT2D eigenvalue weighted by atomic mass is 16.1. The molecule has 1 N–H and O–H groups in total. The summed E-state index contributed by atoms with van der Waals surface area (Å²) in [6, 6.07) is 4.10. The summed E-state index contributed by atoms with van der Waals surface area (Å²) in [6.07, 6.45) is 8.09. The maximum atomic E-state index is 12.1. The molecular formula is C19H19N5O. The van der Waals surface area contributed by atoms with Gasteiger partial charge in [-0.05, 0) is 30.4 Å². The predicted molar refractivity (Wildman–Crippen MR) is 93.9 cm³/mol. The number of ketones is 1. The van der Waals surface area contributed by atoms with E-state index in [2.05, 4.69) is 30.9 Å². The Morgan fingerprint density at radius 3 is 2.88 bits per heavy atom. The number of fused-ring (bicyclic) bond motifs is 2. The van der Waals surface area contributed by atoms with Crippen molar-refractivity contribution in [3.05, 3.63) is 42.2 Å². The minimum Gasteiger partial charge on any atom is -0.324 e. The van der Waals surface area contributed by atoms with Crippen LogP contribution in [0.5, 0.6) is 0 Å². The molecule has 25 heavy (non-hydrogen) atoms. The first-order valence-corrected chi connectivity index (χ1v) is 8.81. The van der Waals surface area contributed by atoms with E-state index in [1.165, 1.54) is 0 Å². The van der Waals surface area contributed by atoms with Crippen molar-refractivity contribution in [3.63, 3.8) is 0 Å². The first-order valence-electron chi connectivity index (χ1n) is 8.81. The van der Waals surface area contributed by atoms with Crippen LogP contribution in [-0.2, 0) is 24.3 Å². The molecule has 1 aliphatic carbocycles. The molecule has 1 fully saturated rings. The fourth-order valence-electron chi connectivity index (χ4n) is 3.45. The summed E-state index contributed by atoms with van der Waals surface area (Å²) in [5.74, 6) is 1.64. The van der Waals surface area contributed by atoms with Gasteiger partial charge < -0.3 is 9.88 Å². The van der Waals surface area contributed by atoms with Gasteiger partial charge in [-0.25, -0.2) is 4.98 Å². The summed E-state index contributed by atoms with van der Waals surface area (Å²) in [7, 11) is 0. The second kappa shape index (κ2) is 5.74. The monoisotopic (exact) mass is 333 g/mol. The van der Waals surface area contributed by atoms with E-state index in [4.69, 9.17) is 0 Å². The lowest BCUT2D eigenvalue weighted by atomic mass is 10.1. The molecule has 126 valence electrons. The molecule has 1 aliphatic heterocycles. The smallest absolute Gasteiger partial charge is 0.141 e. The van der Waals surface area contributed by atoms with Crippen LogP contribution < -0.4 is 5.32 Å². The molecule has 0 amide bonds. The van der Waals surface area contributed by atoms with Gasteiger partial charge >= 0.3 is 0 Å². The first kappa shape index (κ1) is 14.7. The predicted octanol–water partition coefficient (Wildman–Crippen LogP) is 2.12. The number of Topliss-reactive ketones (excluding diaryl/α,β-unsaturated/α-hetero) is 1. The van der Waals surface area contributed by atoms with Crippen LogP contribution in [0.2, 0.25) is 0 Å². The maximum Gasteiger partial charge on any atom is 0.141 e. The molecule has 0 atom stereocenters. The Hall–Kier alpha value is -2.60. The first-order chi connectivity index (χ1) is 12.3. The van der Waals surface area contributed by atoms with Crippen molar-refractivity contribution in [1.82, 2.24) is 24.8 Å². The third-order valence-corrected chi connectivity index (χ3v) is 5.04. The van der Waals surface area contributed by atoms with Crippen LogP contribution in [0.15, 0.2) is 30.7 Å². The van der Waals surface area contributed by atoms with Crippen molar-refractivity contribution < 1.29 is 4.79 Å². The van der Waals surface area contributed by atoms with Gasteiger partial charge in [-0.15, -0.1) is 0 Å². The molecular weight excluding hydrogens is 314 g/mol. The molecule has 0 spiro atoms. The standard InChI is InChI=1S/C19H19N5O/c25-18(12-1-2-12)7-15-5-13-6-16(22-9-14(13)8-21-15)17-10-23-19-11-20-3-4-24(17)19/h5-6,8-10,12,20H,1-4,7,11H2. The van der Waals surface area contributed by atoms with Gasteiger partial charge in [0.25, 0.3) is 0 Å². The van der Waals surface area contributed by atoms with Gasteiger partial charge in [-0.2, -0.15) is 0 Å². The number of hydrogen-bond donors (Lipinski definition) is 1. The molecule has 6 nitrogen and oxygen atoms in total. The highest BCUT2D eigenvalue weighted by molar-refractivity contribution is 5.88. The number of imidazole rings is 1. The van der Waals surface area contributed by atoms with E-state index in [0.717, 1.165) is 66.2 Å². The molecule has 3 aromatic heterocycles. The molecule has 0 bridgehead atoms. The average molecular weight is 333 g/mol. The van der Waals surface area contributed by atoms with Gasteiger partial charge in [0.15, 0.2) is 0 Å². The summed E-state index contributed by atoms with van der Waals surface area (Å²) in [5.41, 5.74) is 2.81. The number of nitrogens with one attached hydrogen (secondary N) is 1. The van der Waals surface area contributed by atoms with Crippen LogP contribution in [0, 0.1) is 5.92 Å². The van der Waals surface area contributed by atoms with Crippen LogP contribution in [0.25, 0.3) is 22.2 Å². The number of carbonyl (C=O) groups is 1. The van der Waals surface area contributed by atoms with E-state index in [-0.39, 0.29) is 5.92 Å². The van der Waals surface area contributed by atoms with E-state index in [0.29, 0.717) is 12.2 Å². The fraction of sp³-hybridized carbons (Fsp3) is 0.368. The Morgan fingerprint density at radius 2 is 2.00 bits per heavy atom. The Kier molecular flexibility index (Phi) is 3.38. The van der Waals surface area contributed by atoms with Crippen molar-refractivity contribution in [3.8, 4) is 11.4 Å². The molecule has 1 saturated carbocycles. The zero-order valence-electron chi connectivity index (χ0n) is 13.9. The van der Waals surface area contributed by atoms with Gasteiger partial charge in [0.05, 0.1) is 24.1 Å². The summed E-state index contributed by atoms with van der Waals surface area (Å²) in [4.78, 5) is 25.6. The normalized spacial score (nSPS) is 16.8. The van der Waals surface area contributed by atoms with Crippen LogP contribution >= 0.6 is 0 Å². The quantitative estimate of drug-likeness (QED) is 0.792. The molecule has 5 rings (SSSR count). The van der Waals surface area contributed by atoms with Crippen molar-refractivity contribution in [1.29, 1.82) is 0 Å². The van der Waals surface area contributed by atoms with E-state index < -0.39 is 0 Å². The van der Waals surface area contributed by atoms with Crippen LogP contribution in [0.4, 0.5) is 0 Å². The Balaban J connectivity index is 1.51. The molecule has 2 aliphatic rings. The molecule has 3 aromatic rings. The van der Waals surface area contributed by atoms with E-state index in [1.54, 1.807) is 0 Å². The topological polar surface area (TPSA) is 72.7 Å². The summed E-state index contributed by atoms with van der Waals surface area (Å²) < 4.78 is 2.23. The molecule has 0 saturated heterocycles. The molecule has 4 heterocycles. The number of rotatable bonds is 4. The van der Waals surface area contributed by atoms with E-state index in [1.807, 2.05) is 24.7 Å². The van der Waals surface area contributed by atoms with E-state index in [9.17, 15) is 4.79 Å². The fourth-order valence-corrected chi connectivity index (χ4v) is 3.45. The number of nitrogens with zero attached hydrogens (tertiary/aromatic N) is 4. The third kappa shape index (κ3) is 2.72. The molecule has 0 unspecified atom stereocenters. The lowest BCUT2D eigenvalue weighted by Gasteiger charge is -2.17. The minimum absolute atomic E-state index is 0.275. The highest BCUT2D eigenvalue weighted by Gasteiger charge is 2.29. The third-order valence-electron chi connectivity index (χ3n) is 5.04. The van der Waals surface area contributed by atoms with Crippen molar-refractivity contribution in [2.45, 2.75) is 32.4 Å². The zero-order chi connectivity index (χ0) is 16.8. The largest absolute Gasteiger partial charge is 0.324 e. The number of carbonyl (C=O) groups excluding carboxylic acids is 1. The Morgan fingerprint density at radius 1 is 1.12 bits per heavy atom. The lowest BCUT2D eigenvalue weighted by Crippen LogP contribution is -2.28. The summed E-state index contributed by atoms with van der Waals surface area (Å²) in [5, 5.41) is 5.40. The molecule has 0 radical (unpaired) electrons. The van der Waals surface area contributed by atoms with Crippen molar-refractivity contribution in [2.75, 3.05) is 6.54 Å². The maximum absolute atomic E-state index is 12.1. The van der Waals surface area contributed by atoms with Gasteiger partial charge in [-0.1, -0.05) is 0 Å². The van der Waals surface area contributed by atoms with Gasteiger partial charge in [0, 0.05) is 48.9 Å². The Bertz CT molecular complexity index is 973.